The summed E-state index contributed by atoms with van der Waals surface area (Å²) in [5, 5.41) is 0.750. The molecule has 0 saturated heterocycles. The number of furan rings is 1. The van der Waals surface area contributed by atoms with E-state index in [1.54, 1.807) is 7.11 Å². The number of aryl methyl sites for hydroxylation is 1. The van der Waals surface area contributed by atoms with Gasteiger partial charge in [-0.05, 0) is 19.1 Å². The number of fused-ring (bicyclic) bond motifs is 1. The molecule has 4 heteroatoms. The Hall–Kier alpha value is -1.81. The third-order valence-corrected chi connectivity index (χ3v) is 2.44. The van der Waals surface area contributed by atoms with E-state index in [4.69, 9.17) is 14.9 Å². The van der Waals surface area contributed by atoms with Gasteiger partial charge >= 0.3 is 0 Å². The fourth-order valence-electron chi connectivity index (χ4n) is 1.77. The van der Waals surface area contributed by atoms with E-state index in [9.17, 15) is 4.79 Å². The Labute approximate surface area is 93.0 Å². The number of carbonyl (C=O) groups is 1. The molecule has 0 atom stereocenters. The molecule has 2 aromatic rings. The van der Waals surface area contributed by atoms with Gasteiger partial charge in [-0.3, -0.25) is 4.79 Å². The molecule has 84 valence electrons. The second-order valence-electron chi connectivity index (χ2n) is 3.70. The van der Waals surface area contributed by atoms with Crippen LogP contribution in [0.5, 0.6) is 0 Å². The fraction of sp³-hybridized carbons (Fsp3) is 0.250. The van der Waals surface area contributed by atoms with Crippen molar-refractivity contribution in [2.45, 2.75) is 13.5 Å². The van der Waals surface area contributed by atoms with Crippen LogP contribution in [0.3, 0.4) is 0 Å². The van der Waals surface area contributed by atoms with Gasteiger partial charge in [0.15, 0.2) is 0 Å². The van der Waals surface area contributed by atoms with Gasteiger partial charge in [0.2, 0.25) is 0 Å². The van der Waals surface area contributed by atoms with Crippen LogP contribution in [0.1, 0.15) is 21.7 Å². The summed E-state index contributed by atoms with van der Waals surface area (Å²) < 4.78 is 10.5. The van der Waals surface area contributed by atoms with E-state index >= 15 is 0 Å². The maximum Gasteiger partial charge on any atom is 0.252 e. The summed E-state index contributed by atoms with van der Waals surface area (Å²) >= 11 is 0. The minimum atomic E-state index is -0.489. The molecule has 2 N–H and O–H groups in total. The standard InChI is InChI=1S/C12H13NO3/c1-7-3-4-9-8(5-7)11(12(13)14)10(16-9)6-15-2/h3-5H,6H2,1-2H3,(H2,13,14). The average molecular weight is 219 g/mol. The SMILES string of the molecule is COCc1oc2ccc(C)cc2c1C(N)=O. The van der Waals surface area contributed by atoms with Crippen LogP contribution in [-0.4, -0.2) is 13.0 Å². The highest BCUT2D eigenvalue weighted by atomic mass is 16.5. The van der Waals surface area contributed by atoms with Gasteiger partial charge in [-0.2, -0.15) is 0 Å². The van der Waals surface area contributed by atoms with Crippen molar-refractivity contribution in [3.05, 3.63) is 35.1 Å². The molecule has 0 aliphatic rings. The second-order valence-corrected chi connectivity index (χ2v) is 3.70. The third kappa shape index (κ3) is 1.67. The number of methoxy groups -OCH3 is 1. The maximum atomic E-state index is 11.4. The topological polar surface area (TPSA) is 65.5 Å². The molecule has 0 bridgehead atoms. The van der Waals surface area contributed by atoms with Gasteiger partial charge in [-0.25, -0.2) is 0 Å². The molecule has 0 radical (unpaired) electrons. The highest BCUT2D eigenvalue weighted by molar-refractivity contribution is 6.06. The van der Waals surface area contributed by atoms with Gasteiger partial charge in [-0.15, -0.1) is 0 Å². The predicted molar refractivity (Wildman–Crippen MR) is 60.2 cm³/mol. The minimum absolute atomic E-state index is 0.242. The molecule has 1 amide bonds. The molecule has 0 spiro atoms. The summed E-state index contributed by atoms with van der Waals surface area (Å²) in [6.07, 6.45) is 0. The van der Waals surface area contributed by atoms with Gasteiger partial charge in [0, 0.05) is 12.5 Å². The molecule has 1 aromatic carbocycles. The Kier molecular flexibility index (Phi) is 2.66. The number of rotatable bonds is 3. The number of amides is 1. The van der Waals surface area contributed by atoms with Gasteiger partial charge in [-0.1, -0.05) is 11.6 Å². The Balaban J connectivity index is 2.72. The summed E-state index contributed by atoms with van der Waals surface area (Å²) in [7, 11) is 1.54. The second kappa shape index (κ2) is 3.98. The molecule has 16 heavy (non-hydrogen) atoms. The molecular weight excluding hydrogens is 206 g/mol. The normalized spacial score (nSPS) is 10.9. The van der Waals surface area contributed by atoms with Gasteiger partial charge < -0.3 is 14.9 Å². The first-order valence-electron chi connectivity index (χ1n) is 4.94. The molecule has 1 aromatic heterocycles. The molecule has 1 heterocycles. The molecule has 0 aliphatic carbocycles. The number of carbonyl (C=O) groups excluding carboxylic acids is 1. The molecule has 4 nitrogen and oxygen atoms in total. The van der Waals surface area contributed by atoms with Crippen molar-refractivity contribution < 1.29 is 13.9 Å². The zero-order chi connectivity index (χ0) is 11.7. The highest BCUT2D eigenvalue weighted by Crippen LogP contribution is 2.27. The lowest BCUT2D eigenvalue weighted by atomic mass is 10.1. The van der Waals surface area contributed by atoms with Gasteiger partial charge in [0.05, 0.1) is 5.56 Å². The minimum Gasteiger partial charge on any atom is -0.458 e. The number of hydrogen-bond donors (Lipinski definition) is 1. The Morgan fingerprint density at radius 2 is 2.25 bits per heavy atom. The van der Waals surface area contributed by atoms with Crippen molar-refractivity contribution in [2.75, 3.05) is 7.11 Å². The number of benzene rings is 1. The molecular formula is C12H13NO3. The summed E-state index contributed by atoms with van der Waals surface area (Å²) in [5.74, 6) is -0.00741. The van der Waals surface area contributed by atoms with Crippen LogP contribution in [0.2, 0.25) is 0 Å². The summed E-state index contributed by atoms with van der Waals surface area (Å²) in [6.45, 7) is 2.19. The van der Waals surface area contributed by atoms with Crippen LogP contribution in [0.25, 0.3) is 11.0 Å². The van der Waals surface area contributed by atoms with Crippen LogP contribution in [-0.2, 0) is 11.3 Å². The quantitative estimate of drug-likeness (QED) is 0.858. The van der Waals surface area contributed by atoms with E-state index < -0.39 is 5.91 Å². The number of ether oxygens (including phenoxy) is 1. The highest BCUT2D eigenvalue weighted by Gasteiger charge is 2.18. The van der Waals surface area contributed by atoms with Crippen LogP contribution < -0.4 is 5.73 Å². The smallest absolute Gasteiger partial charge is 0.252 e. The zero-order valence-corrected chi connectivity index (χ0v) is 9.24. The lowest BCUT2D eigenvalue weighted by Crippen LogP contribution is -2.12. The zero-order valence-electron chi connectivity index (χ0n) is 9.24. The largest absolute Gasteiger partial charge is 0.458 e. The van der Waals surface area contributed by atoms with E-state index in [0.717, 1.165) is 10.9 Å². The van der Waals surface area contributed by atoms with E-state index in [-0.39, 0.29) is 6.61 Å². The first-order chi connectivity index (χ1) is 7.63. The molecule has 0 unspecified atom stereocenters. The van der Waals surface area contributed by atoms with Crippen LogP contribution >= 0.6 is 0 Å². The lowest BCUT2D eigenvalue weighted by Gasteiger charge is -1.97. The van der Waals surface area contributed by atoms with Gasteiger partial charge in [0.1, 0.15) is 18.0 Å². The van der Waals surface area contributed by atoms with E-state index in [2.05, 4.69) is 0 Å². The average Bonchev–Trinajstić information content (AvgIpc) is 2.55. The van der Waals surface area contributed by atoms with Crippen molar-refractivity contribution >= 4 is 16.9 Å². The van der Waals surface area contributed by atoms with Crippen molar-refractivity contribution in [3.63, 3.8) is 0 Å². The first-order valence-corrected chi connectivity index (χ1v) is 4.94. The van der Waals surface area contributed by atoms with Crippen LogP contribution in [0, 0.1) is 6.92 Å². The molecule has 0 fully saturated rings. The monoisotopic (exact) mass is 219 g/mol. The summed E-state index contributed by atoms with van der Waals surface area (Å²) in [4.78, 5) is 11.4. The van der Waals surface area contributed by atoms with E-state index in [1.807, 2.05) is 25.1 Å². The third-order valence-electron chi connectivity index (χ3n) is 2.44. The van der Waals surface area contributed by atoms with Crippen molar-refractivity contribution in [1.29, 1.82) is 0 Å². The Bertz CT molecular complexity index is 542. The lowest BCUT2D eigenvalue weighted by molar-refractivity contribution is 0.0993. The van der Waals surface area contributed by atoms with Crippen LogP contribution in [0.15, 0.2) is 22.6 Å². The van der Waals surface area contributed by atoms with Crippen molar-refractivity contribution in [3.8, 4) is 0 Å². The Morgan fingerprint density at radius 1 is 1.50 bits per heavy atom. The van der Waals surface area contributed by atoms with Crippen LogP contribution in [0.4, 0.5) is 0 Å². The fourth-order valence-corrected chi connectivity index (χ4v) is 1.77. The van der Waals surface area contributed by atoms with E-state index in [0.29, 0.717) is 16.9 Å². The number of hydrogen-bond acceptors (Lipinski definition) is 3. The Morgan fingerprint density at radius 3 is 2.88 bits per heavy atom. The molecule has 2 rings (SSSR count). The summed E-state index contributed by atoms with van der Waals surface area (Å²) in [5.41, 5.74) is 7.48. The predicted octanol–water partition coefficient (Wildman–Crippen LogP) is 1.99. The van der Waals surface area contributed by atoms with Gasteiger partial charge in [0.25, 0.3) is 5.91 Å². The van der Waals surface area contributed by atoms with Crippen molar-refractivity contribution in [1.82, 2.24) is 0 Å². The van der Waals surface area contributed by atoms with Crippen molar-refractivity contribution in [2.24, 2.45) is 5.73 Å². The number of primary amides is 1. The molecule has 0 saturated carbocycles. The number of nitrogens with two attached hydrogens (primary N) is 1. The maximum absolute atomic E-state index is 11.4. The van der Waals surface area contributed by atoms with E-state index in [1.165, 1.54) is 0 Å². The summed E-state index contributed by atoms with van der Waals surface area (Å²) in [6, 6.07) is 5.64. The first kappa shape index (κ1) is 10.7. The molecule has 0 aliphatic heterocycles.